The Balaban J connectivity index is 1.71. The van der Waals surface area contributed by atoms with Crippen LogP contribution in [0.4, 0.5) is 22.0 Å². The minimum absolute atomic E-state index is 0.00934. The van der Waals surface area contributed by atoms with Gasteiger partial charge in [0, 0.05) is 30.1 Å². The van der Waals surface area contributed by atoms with Gasteiger partial charge >= 0.3 is 6.18 Å². The van der Waals surface area contributed by atoms with E-state index in [9.17, 15) is 26.0 Å². The lowest BCUT2D eigenvalue weighted by Gasteiger charge is -2.51. The maximum atomic E-state index is 15.3. The second-order valence-corrected chi connectivity index (χ2v) is 11.7. The van der Waals surface area contributed by atoms with Crippen LogP contribution in [0.5, 0.6) is 5.75 Å². The second-order valence-electron chi connectivity index (χ2n) is 9.36. The van der Waals surface area contributed by atoms with Crippen LogP contribution in [0.25, 0.3) is 0 Å². The quantitative estimate of drug-likeness (QED) is 0.507. The summed E-state index contributed by atoms with van der Waals surface area (Å²) >= 11 is 0. The number of hydrogen-bond donors (Lipinski definition) is 1. The molecule has 2 aromatic rings. The number of sulfone groups is 1. The summed E-state index contributed by atoms with van der Waals surface area (Å²) in [7, 11) is -3.48. The van der Waals surface area contributed by atoms with Crippen molar-refractivity contribution in [2.24, 2.45) is 5.92 Å². The van der Waals surface area contributed by atoms with Crippen LogP contribution in [-0.4, -0.2) is 51.0 Å². The minimum atomic E-state index is -4.51. The van der Waals surface area contributed by atoms with E-state index in [0.717, 1.165) is 24.3 Å². The fourth-order valence-electron chi connectivity index (χ4n) is 5.39. The molecule has 0 bridgehead atoms. The van der Waals surface area contributed by atoms with Gasteiger partial charge in [0.2, 0.25) is 0 Å². The first kappa shape index (κ1) is 26.8. The van der Waals surface area contributed by atoms with Crippen LogP contribution in [0, 0.1) is 17.6 Å². The molecule has 3 atom stereocenters. The largest absolute Gasteiger partial charge is 0.490 e. The Kier molecular flexibility index (Phi) is 7.64. The van der Waals surface area contributed by atoms with Gasteiger partial charge in [-0.2, -0.15) is 13.2 Å². The highest BCUT2D eigenvalue weighted by molar-refractivity contribution is 7.91. The maximum absolute atomic E-state index is 15.3. The molecule has 0 aliphatic carbocycles. The number of aliphatic hydroxyl groups excluding tert-OH is 1. The van der Waals surface area contributed by atoms with E-state index in [2.05, 4.69) is 0 Å². The third kappa shape index (κ3) is 5.38. The first-order chi connectivity index (χ1) is 17.0. The number of aliphatic hydroxyl groups is 1. The Hall–Kier alpha value is -2.24. The summed E-state index contributed by atoms with van der Waals surface area (Å²) in [6.07, 6.45) is -4.62. The van der Waals surface area contributed by atoms with Gasteiger partial charge in [0.25, 0.3) is 0 Å². The molecular weight excluding hydrogens is 507 g/mol. The average molecular weight is 535 g/mol. The summed E-state index contributed by atoms with van der Waals surface area (Å²) < 4.78 is 105. The molecule has 198 valence electrons. The van der Waals surface area contributed by atoms with Crippen molar-refractivity contribution in [3.63, 3.8) is 0 Å². The lowest BCUT2D eigenvalue weighted by molar-refractivity contribution is -0.137. The van der Waals surface area contributed by atoms with Crippen molar-refractivity contribution in [1.29, 1.82) is 0 Å². The molecule has 0 aromatic heterocycles. The zero-order chi connectivity index (χ0) is 26.1. The van der Waals surface area contributed by atoms with Crippen molar-refractivity contribution in [2.45, 2.75) is 43.4 Å². The van der Waals surface area contributed by atoms with Crippen LogP contribution >= 0.6 is 0 Å². The van der Waals surface area contributed by atoms with Crippen LogP contribution in [0.1, 0.15) is 36.0 Å². The molecule has 2 aliphatic heterocycles. The fraction of sp³-hybridized carbons (Fsp3) is 0.520. The summed E-state index contributed by atoms with van der Waals surface area (Å²) in [4.78, 5) is 0. The highest BCUT2D eigenvalue weighted by Crippen LogP contribution is 2.53. The van der Waals surface area contributed by atoms with Gasteiger partial charge in [-0.15, -0.1) is 0 Å². The Bertz CT molecular complexity index is 1180. The lowest BCUT2D eigenvalue weighted by atomic mass is 9.60. The predicted octanol–water partition coefficient (Wildman–Crippen LogP) is 4.45. The van der Waals surface area contributed by atoms with Crippen molar-refractivity contribution >= 4 is 9.84 Å². The molecule has 0 amide bonds. The highest BCUT2D eigenvalue weighted by Gasteiger charge is 2.53. The zero-order valence-electron chi connectivity index (χ0n) is 19.4. The van der Waals surface area contributed by atoms with Crippen LogP contribution < -0.4 is 4.74 Å². The van der Waals surface area contributed by atoms with E-state index in [0.29, 0.717) is 5.56 Å². The van der Waals surface area contributed by atoms with Crippen LogP contribution in [0.15, 0.2) is 36.4 Å². The molecule has 11 heteroatoms. The van der Waals surface area contributed by atoms with Gasteiger partial charge in [-0.05, 0) is 55.5 Å². The number of rotatable bonds is 8. The number of alkyl halides is 3. The predicted molar refractivity (Wildman–Crippen MR) is 121 cm³/mol. The van der Waals surface area contributed by atoms with E-state index >= 15 is 4.39 Å². The normalized spacial score (nSPS) is 24.1. The molecule has 2 aliphatic rings. The smallest absolute Gasteiger partial charge is 0.416 e. The lowest BCUT2D eigenvalue weighted by Crippen LogP contribution is -2.55. The van der Waals surface area contributed by atoms with Crippen molar-refractivity contribution < 1.29 is 45.0 Å². The van der Waals surface area contributed by atoms with E-state index in [1.807, 2.05) is 0 Å². The van der Waals surface area contributed by atoms with Crippen molar-refractivity contribution in [3.8, 4) is 5.75 Å². The molecule has 2 aromatic carbocycles. The molecule has 36 heavy (non-hydrogen) atoms. The standard InChI is InChI=1S/C25H27F5O5S/c26-19-6-7-20(27)23-22(19)24(14-16-2-4-17(5-3-16)25(28,29)30)9-11-34-21(18(24)15-35-23)8-13-36(32,33)12-1-10-31/h2-7,18,21,31H,1,8-15H2/t18-,21-,24-/m0/s1. The molecule has 0 radical (unpaired) electrons. The minimum Gasteiger partial charge on any atom is -0.490 e. The van der Waals surface area contributed by atoms with Crippen molar-refractivity contribution in [3.05, 3.63) is 64.7 Å². The topological polar surface area (TPSA) is 72.8 Å². The highest BCUT2D eigenvalue weighted by atomic mass is 32.2. The number of halogens is 5. The third-order valence-corrected chi connectivity index (χ3v) is 8.90. The first-order valence-electron chi connectivity index (χ1n) is 11.7. The van der Waals surface area contributed by atoms with Gasteiger partial charge in [0.05, 0.1) is 29.8 Å². The zero-order valence-corrected chi connectivity index (χ0v) is 20.2. The molecule has 2 heterocycles. The van der Waals surface area contributed by atoms with Gasteiger partial charge in [-0.25, -0.2) is 17.2 Å². The van der Waals surface area contributed by atoms with E-state index in [1.54, 1.807) is 0 Å². The molecule has 1 saturated heterocycles. The molecule has 0 unspecified atom stereocenters. The summed E-state index contributed by atoms with van der Waals surface area (Å²) in [5.74, 6) is -2.63. The monoisotopic (exact) mass is 534 g/mol. The summed E-state index contributed by atoms with van der Waals surface area (Å²) in [6, 6.07) is 6.51. The van der Waals surface area contributed by atoms with Gasteiger partial charge in [0.1, 0.15) is 5.82 Å². The number of ether oxygens (including phenoxy) is 2. The molecule has 4 rings (SSSR count). The van der Waals surface area contributed by atoms with Crippen molar-refractivity contribution in [1.82, 2.24) is 0 Å². The Morgan fingerprint density at radius 2 is 1.72 bits per heavy atom. The summed E-state index contributed by atoms with van der Waals surface area (Å²) in [6.45, 7) is -0.184. The third-order valence-electron chi connectivity index (χ3n) is 7.13. The van der Waals surface area contributed by atoms with Crippen LogP contribution in [0.2, 0.25) is 0 Å². The van der Waals surface area contributed by atoms with Crippen LogP contribution in [-0.2, 0) is 32.6 Å². The van der Waals surface area contributed by atoms with Gasteiger partial charge in [-0.3, -0.25) is 0 Å². The summed E-state index contributed by atoms with van der Waals surface area (Å²) in [5, 5.41) is 8.94. The van der Waals surface area contributed by atoms with E-state index < -0.39 is 50.6 Å². The van der Waals surface area contributed by atoms with Crippen LogP contribution in [0.3, 0.4) is 0 Å². The van der Waals surface area contributed by atoms with Gasteiger partial charge in [-0.1, -0.05) is 12.1 Å². The average Bonchev–Trinajstić information content (AvgIpc) is 2.83. The molecular formula is C25H27F5O5S. The molecule has 1 fully saturated rings. The van der Waals surface area contributed by atoms with E-state index in [4.69, 9.17) is 14.6 Å². The molecule has 5 nitrogen and oxygen atoms in total. The fourth-order valence-corrected chi connectivity index (χ4v) is 6.75. The van der Waals surface area contributed by atoms with Crippen molar-refractivity contribution in [2.75, 3.05) is 31.3 Å². The van der Waals surface area contributed by atoms with Gasteiger partial charge < -0.3 is 14.6 Å². The second kappa shape index (κ2) is 10.3. The maximum Gasteiger partial charge on any atom is 0.416 e. The summed E-state index contributed by atoms with van der Waals surface area (Å²) in [5.41, 5.74) is -1.38. The molecule has 0 spiro atoms. The first-order valence-corrected chi connectivity index (χ1v) is 13.5. The molecule has 0 saturated carbocycles. The van der Waals surface area contributed by atoms with E-state index in [1.165, 1.54) is 12.1 Å². The Morgan fingerprint density at radius 3 is 2.39 bits per heavy atom. The SMILES string of the molecule is O=S(=O)(CCCO)CC[C@@H]1OCC[C@@]2(Cc3ccc(C(F)(F)F)cc3)c3c(F)ccc(F)c3OC[C@@H]12. The number of hydrogen-bond acceptors (Lipinski definition) is 5. The Morgan fingerprint density at radius 1 is 1.03 bits per heavy atom. The number of fused-ring (bicyclic) bond motifs is 3. The van der Waals surface area contributed by atoms with Gasteiger partial charge in [0.15, 0.2) is 21.4 Å². The number of benzene rings is 2. The Labute approximate surface area is 206 Å². The molecule has 1 N–H and O–H groups in total. The van der Waals surface area contributed by atoms with E-state index in [-0.39, 0.29) is 68.3 Å².